The number of allylic oxidation sites excluding steroid dienone is 4. The van der Waals surface area contributed by atoms with E-state index in [1.807, 2.05) is 42.9 Å². The number of aromatic nitrogens is 1. The van der Waals surface area contributed by atoms with Gasteiger partial charge in [0.15, 0.2) is 0 Å². The third kappa shape index (κ3) is 6.82. The molecule has 1 aromatic carbocycles. The summed E-state index contributed by atoms with van der Waals surface area (Å²) in [7, 11) is 0. The average molecular weight is 790 g/mol. The molecule has 1 saturated heterocycles. The molecule has 1 N–H and O–H groups in total. The molecule has 9 heteroatoms. The number of fused-ring (bicyclic) bond motifs is 1. The zero-order chi connectivity index (χ0) is 24.7. The molecule has 2 aromatic rings. The Labute approximate surface area is 239 Å². The normalized spacial score (nSPS) is 21.1. The summed E-state index contributed by atoms with van der Waals surface area (Å²) in [5.74, 6) is 1.13. The van der Waals surface area contributed by atoms with Gasteiger partial charge in [-0.15, -0.1) is 0 Å². The van der Waals surface area contributed by atoms with Crippen LogP contribution in [0.25, 0.3) is 0 Å². The van der Waals surface area contributed by atoms with Crippen molar-refractivity contribution in [2.24, 2.45) is 9.12 Å². The SMILES string of the molecule is O=C(CSc1ccccc1)N1CCCC(C2=CCC3=C(Br)C=N[I-]I3C(NCc3cccnc3)=C2)C1. The number of rotatable bonds is 7. The van der Waals surface area contributed by atoms with E-state index in [0.717, 1.165) is 43.8 Å². The number of nitrogens with one attached hydrogen (secondary N) is 1. The summed E-state index contributed by atoms with van der Waals surface area (Å²) in [5, 5.41) is 3.80. The molecule has 3 aliphatic rings. The minimum atomic E-state index is -1.54. The van der Waals surface area contributed by atoms with E-state index in [1.54, 1.807) is 15.3 Å². The number of thioether (sulfide) groups is 1. The van der Waals surface area contributed by atoms with Gasteiger partial charge in [-0.1, -0.05) is 6.07 Å². The van der Waals surface area contributed by atoms with Crippen LogP contribution in [-0.2, 0) is 11.3 Å². The van der Waals surface area contributed by atoms with Crippen molar-refractivity contribution < 1.29 is 22.3 Å². The molecule has 4 heterocycles. The van der Waals surface area contributed by atoms with Gasteiger partial charge in [0.25, 0.3) is 0 Å². The van der Waals surface area contributed by atoms with E-state index in [-0.39, 0.29) is 23.4 Å². The van der Waals surface area contributed by atoms with Crippen LogP contribution in [0.4, 0.5) is 0 Å². The Kier molecular flexibility index (Phi) is 9.59. The zero-order valence-corrected chi connectivity index (χ0v) is 26.5. The van der Waals surface area contributed by atoms with Gasteiger partial charge in [-0.05, 0) is 0 Å². The second-order valence-corrected chi connectivity index (χ2v) is 23.2. The third-order valence-electron chi connectivity index (χ3n) is 6.25. The van der Waals surface area contributed by atoms with E-state index in [9.17, 15) is 4.79 Å². The number of pyridine rings is 1. The summed E-state index contributed by atoms with van der Waals surface area (Å²) in [6.45, 7) is 2.46. The Hall–Kier alpha value is -1.18. The summed E-state index contributed by atoms with van der Waals surface area (Å²) < 4.78 is 8.95. The molecule has 0 aliphatic carbocycles. The van der Waals surface area contributed by atoms with Crippen molar-refractivity contribution in [1.82, 2.24) is 15.2 Å². The van der Waals surface area contributed by atoms with Crippen molar-refractivity contribution in [3.63, 3.8) is 0 Å². The minimum absolute atomic E-state index is 0.208. The molecule has 0 bridgehead atoms. The Balaban J connectivity index is 1.31. The van der Waals surface area contributed by atoms with Gasteiger partial charge in [0.2, 0.25) is 0 Å². The number of piperidine rings is 1. The van der Waals surface area contributed by atoms with Gasteiger partial charge in [-0.25, -0.2) is 0 Å². The summed E-state index contributed by atoms with van der Waals surface area (Å²) >= 11 is 3.69. The number of likely N-dealkylation sites (tertiary alicyclic amines) is 1. The number of hydrogen-bond donors (Lipinski definition) is 1. The zero-order valence-electron chi connectivity index (χ0n) is 19.7. The maximum absolute atomic E-state index is 13.1. The molecule has 0 radical (unpaired) electrons. The van der Waals surface area contributed by atoms with E-state index in [4.69, 9.17) is 3.21 Å². The summed E-state index contributed by atoms with van der Waals surface area (Å²) in [6.07, 6.45) is 13.8. The molecular formula is C27H28BrI2N4OS-. The quantitative estimate of drug-likeness (QED) is 0.266. The topological polar surface area (TPSA) is 57.6 Å². The van der Waals surface area contributed by atoms with Gasteiger partial charge in [0.1, 0.15) is 0 Å². The molecule has 3 aliphatic heterocycles. The predicted octanol–water partition coefficient (Wildman–Crippen LogP) is 3.49. The number of hydrogen-bond acceptors (Lipinski definition) is 5. The van der Waals surface area contributed by atoms with Crippen molar-refractivity contribution in [1.29, 1.82) is 0 Å². The number of benzene rings is 1. The van der Waals surface area contributed by atoms with E-state index < -0.39 is 15.8 Å². The molecule has 190 valence electrons. The molecule has 1 aromatic heterocycles. The standard InChI is InChI=1S/C27H28BrI2N4OS/c28-24-17-33-29-30-25(24)11-10-21(14-26(30)32-16-20-6-4-12-31-15-20)22-7-5-13-34(18-22)27(35)19-36-23-8-2-1-3-9-23/h1-4,6,8-10,12,14-15,17,22,32H,5,7,11,13,16,18-19H2/q-1. The average Bonchev–Trinajstić information content (AvgIpc) is 3.12. The second kappa shape index (κ2) is 13.1. The molecule has 1 amide bonds. The molecule has 0 saturated carbocycles. The van der Waals surface area contributed by atoms with Crippen LogP contribution in [0.15, 0.2) is 92.5 Å². The van der Waals surface area contributed by atoms with Crippen LogP contribution < -0.4 is 22.8 Å². The van der Waals surface area contributed by atoms with Crippen LogP contribution in [0.1, 0.15) is 24.8 Å². The van der Waals surface area contributed by atoms with Crippen LogP contribution in [0.3, 0.4) is 0 Å². The van der Waals surface area contributed by atoms with Crippen LogP contribution >= 0.6 is 43.5 Å². The van der Waals surface area contributed by atoms with Gasteiger partial charge in [0, 0.05) is 0 Å². The summed E-state index contributed by atoms with van der Waals surface area (Å²) in [6, 6.07) is 14.3. The van der Waals surface area contributed by atoms with Crippen molar-refractivity contribution in [2.45, 2.75) is 30.7 Å². The van der Waals surface area contributed by atoms with Gasteiger partial charge in [0.05, 0.1) is 0 Å². The van der Waals surface area contributed by atoms with Gasteiger partial charge in [-0.2, -0.15) is 0 Å². The van der Waals surface area contributed by atoms with Gasteiger partial charge >= 0.3 is 236 Å². The molecule has 1 atom stereocenters. The fourth-order valence-electron chi connectivity index (χ4n) is 4.38. The van der Waals surface area contributed by atoms with Gasteiger partial charge < -0.3 is 0 Å². The van der Waals surface area contributed by atoms with E-state index >= 15 is 0 Å². The molecule has 36 heavy (non-hydrogen) atoms. The summed E-state index contributed by atoms with van der Waals surface area (Å²) in [5.41, 5.74) is 2.58. The number of nitrogens with zero attached hydrogens (tertiary/aromatic N) is 3. The first kappa shape index (κ1) is 26.4. The van der Waals surface area contributed by atoms with Crippen molar-refractivity contribution in [3.8, 4) is 0 Å². The van der Waals surface area contributed by atoms with Crippen LogP contribution in [0, 0.1) is 5.92 Å². The molecular weight excluding hydrogens is 762 g/mol. The summed E-state index contributed by atoms with van der Waals surface area (Å²) in [4.78, 5) is 20.6. The Morgan fingerprint density at radius 3 is 2.97 bits per heavy atom. The Bertz CT molecular complexity index is 1200. The molecule has 5 rings (SSSR count). The maximum atomic E-state index is 13.1. The first-order chi connectivity index (χ1) is 17.7. The monoisotopic (exact) mass is 789 g/mol. The Morgan fingerprint density at radius 1 is 1.25 bits per heavy atom. The predicted molar refractivity (Wildman–Crippen MR) is 157 cm³/mol. The van der Waals surface area contributed by atoms with E-state index in [2.05, 4.69) is 61.5 Å². The van der Waals surface area contributed by atoms with Crippen LogP contribution in [-0.4, -0.2) is 40.8 Å². The molecule has 1 fully saturated rings. The second-order valence-electron chi connectivity index (χ2n) is 8.68. The first-order valence-electron chi connectivity index (χ1n) is 11.9. The fourth-order valence-corrected chi connectivity index (χ4v) is 22.1. The Morgan fingerprint density at radius 2 is 2.14 bits per heavy atom. The fraction of sp³-hybridized carbons (Fsp3) is 0.296. The first-order valence-corrected chi connectivity index (χ1v) is 23.1. The number of halogens is 3. The van der Waals surface area contributed by atoms with E-state index in [0.29, 0.717) is 11.7 Å². The van der Waals surface area contributed by atoms with Crippen LogP contribution in [0.2, 0.25) is 0 Å². The van der Waals surface area contributed by atoms with Crippen molar-refractivity contribution in [3.05, 3.63) is 89.9 Å². The molecule has 5 nitrogen and oxygen atoms in total. The van der Waals surface area contributed by atoms with Gasteiger partial charge in [-0.3, -0.25) is 0 Å². The third-order valence-corrected chi connectivity index (χ3v) is 23.5. The molecule has 0 spiro atoms. The van der Waals surface area contributed by atoms with Crippen molar-refractivity contribution in [2.75, 3.05) is 18.8 Å². The number of carbonyl (C=O) groups is 1. The van der Waals surface area contributed by atoms with Crippen molar-refractivity contribution >= 4 is 55.7 Å². The molecule has 1 unspecified atom stereocenters. The van der Waals surface area contributed by atoms with Crippen LogP contribution in [0.5, 0.6) is 0 Å². The van der Waals surface area contributed by atoms with E-state index in [1.165, 1.54) is 19.3 Å². The number of amides is 1. The number of carbonyl (C=O) groups excluding carboxylic acids is 1.